The summed E-state index contributed by atoms with van der Waals surface area (Å²) in [6.45, 7) is 3.59. The van der Waals surface area contributed by atoms with Crippen molar-refractivity contribution in [3.05, 3.63) is 24.0 Å². The molecule has 4 heterocycles. The molecule has 2 atom stereocenters. The van der Waals surface area contributed by atoms with Crippen molar-refractivity contribution in [3.8, 4) is 5.88 Å². The van der Waals surface area contributed by atoms with Gasteiger partial charge in [0.25, 0.3) is 0 Å². The van der Waals surface area contributed by atoms with Crippen LogP contribution in [0.5, 0.6) is 5.88 Å². The number of hydrogen-bond donors (Lipinski definition) is 1. The van der Waals surface area contributed by atoms with E-state index in [4.69, 9.17) is 9.47 Å². The van der Waals surface area contributed by atoms with Crippen LogP contribution in [0.1, 0.15) is 19.3 Å². The van der Waals surface area contributed by atoms with E-state index in [1.165, 1.54) is 0 Å². The molecule has 8 heteroatoms. The number of thiazole rings is 1. The van der Waals surface area contributed by atoms with E-state index < -0.39 is 0 Å². The fraction of sp³-hybridized carbons (Fsp3) is 0.588. The number of ether oxygens (including phenoxy) is 2. The van der Waals surface area contributed by atoms with Crippen LogP contribution in [0, 0.1) is 5.92 Å². The average molecular weight is 361 g/mol. The number of piperidine rings is 1. The Hall–Kier alpha value is -1.93. The second kappa shape index (κ2) is 7.13. The highest BCUT2D eigenvalue weighted by Gasteiger charge is 2.43. The molecule has 0 saturated carbocycles. The second-order valence-electron chi connectivity index (χ2n) is 6.73. The molecule has 0 radical (unpaired) electrons. The summed E-state index contributed by atoms with van der Waals surface area (Å²) in [6, 6.07) is 1.90. The monoisotopic (exact) mass is 361 g/mol. The molecule has 4 rings (SSSR count). The number of nitrogens with one attached hydrogen (secondary N) is 1. The minimum Gasteiger partial charge on any atom is -0.481 e. The van der Waals surface area contributed by atoms with Crippen LogP contribution >= 0.6 is 11.3 Å². The maximum atomic E-state index is 6.30. The summed E-state index contributed by atoms with van der Waals surface area (Å²) in [5.74, 6) is 2.03. The summed E-state index contributed by atoms with van der Waals surface area (Å²) in [4.78, 5) is 15.1. The van der Waals surface area contributed by atoms with Crippen LogP contribution in [-0.4, -0.2) is 53.9 Å². The molecule has 2 saturated heterocycles. The summed E-state index contributed by atoms with van der Waals surface area (Å²) < 4.78 is 11.5. The molecule has 0 aromatic carbocycles. The number of anilines is 2. The van der Waals surface area contributed by atoms with Gasteiger partial charge in [0.15, 0.2) is 5.13 Å². The van der Waals surface area contributed by atoms with Crippen molar-refractivity contribution in [2.75, 3.05) is 43.6 Å². The first-order valence-electron chi connectivity index (χ1n) is 8.65. The Morgan fingerprint density at radius 1 is 1.44 bits per heavy atom. The molecule has 25 heavy (non-hydrogen) atoms. The van der Waals surface area contributed by atoms with Crippen LogP contribution in [-0.2, 0) is 4.74 Å². The predicted molar refractivity (Wildman–Crippen MR) is 97.4 cm³/mol. The standard InChI is InChI=1S/C17H23N5O2S/c1-23-15-7-14(20-12-21-15)22-5-2-3-17(11-22)8-13(10-24-17)9-19-16-18-4-6-25-16/h4,6-7,12-13H,2-3,5,8-11H2,1H3,(H,18,19)/t13-,17-/m1/s1. The summed E-state index contributed by atoms with van der Waals surface area (Å²) >= 11 is 1.64. The number of methoxy groups -OCH3 is 1. The van der Waals surface area contributed by atoms with Gasteiger partial charge in [-0.15, -0.1) is 11.3 Å². The lowest BCUT2D eigenvalue weighted by molar-refractivity contribution is -0.00705. The molecular weight excluding hydrogens is 338 g/mol. The maximum absolute atomic E-state index is 6.30. The lowest BCUT2D eigenvalue weighted by Gasteiger charge is -2.40. The fourth-order valence-electron chi connectivity index (χ4n) is 3.80. The van der Waals surface area contributed by atoms with Gasteiger partial charge in [0, 0.05) is 43.2 Å². The largest absolute Gasteiger partial charge is 0.481 e. The normalized spacial score (nSPS) is 26.1. The van der Waals surface area contributed by atoms with Gasteiger partial charge in [-0.1, -0.05) is 0 Å². The van der Waals surface area contributed by atoms with Gasteiger partial charge in [-0.2, -0.15) is 0 Å². The van der Waals surface area contributed by atoms with Crippen molar-refractivity contribution in [2.24, 2.45) is 5.92 Å². The molecule has 2 aromatic heterocycles. The third-order valence-corrected chi connectivity index (χ3v) is 5.69. The Morgan fingerprint density at radius 2 is 2.40 bits per heavy atom. The minimum atomic E-state index is -0.0638. The first-order chi connectivity index (χ1) is 12.3. The Kier molecular flexibility index (Phi) is 4.72. The van der Waals surface area contributed by atoms with E-state index in [-0.39, 0.29) is 5.60 Å². The molecule has 0 unspecified atom stereocenters. The highest BCUT2D eigenvalue weighted by molar-refractivity contribution is 7.13. The van der Waals surface area contributed by atoms with Crippen LogP contribution in [0.15, 0.2) is 24.0 Å². The first kappa shape index (κ1) is 16.5. The van der Waals surface area contributed by atoms with Gasteiger partial charge < -0.3 is 19.7 Å². The lowest BCUT2D eigenvalue weighted by Crippen LogP contribution is -2.48. The van der Waals surface area contributed by atoms with Gasteiger partial charge in [0.2, 0.25) is 5.88 Å². The summed E-state index contributed by atoms with van der Waals surface area (Å²) in [6.07, 6.45) is 6.68. The van der Waals surface area contributed by atoms with Crippen LogP contribution in [0.3, 0.4) is 0 Å². The molecule has 7 nitrogen and oxygen atoms in total. The quantitative estimate of drug-likeness (QED) is 0.877. The highest BCUT2D eigenvalue weighted by Crippen LogP contribution is 2.38. The zero-order valence-corrected chi connectivity index (χ0v) is 15.2. The molecule has 0 bridgehead atoms. The second-order valence-corrected chi connectivity index (χ2v) is 7.62. The molecule has 2 fully saturated rings. The van der Waals surface area contributed by atoms with Crippen molar-refractivity contribution in [1.82, 2.24) is 15.0 Å². The molecule has 2 aromatic rings. The molecule has 2 aliphatic rings. The zero-order chi connectivity index (χ0) is 17.1. The van der Waals surface area contributed by atoms with E-state index in [1.54, 1.807) is 24.8 Å². The molecule has 0 amide bonds. The van der Waals surface area contributed by atoms with E-state index in [0.29, 0.717) is 11.8 Å². The lowest BCUT2D eigenvalue weighted by atomic mass is 9.86. The molecule has 134 valence electrons. The fourth-order valence-corrected chi connectivity index (χ4v) is 4.34. The molecule has 0 aliphatic carbocycles. The van der Waals surface area contributed by atoms with Crippen molar-refractivity contribution < 1.29 is 9.47 Å². The van der Waals surface area contributed by atoms with E-state index >= 15 is 0 Å². The van der Waals surface area contributed by atoms with E-state index in [1.807, 2.05) is 17.6 Å². The van der Waals surface area contributed by atoms with Gasteiger partial charge >= 0.3 is 0 Å². The summed E-state index contributed by atoms with van der Waals surface area (Å²) in [5.41, 5.74) is -0.0638. The Bertz CT molecular complexity index is 698. The molecule has 1 N–H and O–H groups in total. The Morgan fingerprint density at radius 3 is 3.24 bits per heavy atom. The van der Waals surface area contributed by atoms with Gasteiger partial charge in [0.1, 0.15) is 12.1 Å². The van der Waals surface area contributed by atoms with Crippen molar-refractivity contribution in [1.29, 1.82) is 0 Å². The first-order valence-corrected chi connectivity index (χ1v) is 9.53. The van der Waals surface area contributed by atoms with Gasteiger partial charge in [-0.3, -0.25) is 0 Å². The zero-order valence-electron chi connectivity index (χ0n) is 14.4. The van der Waals surface area contributed by atoms with Gasteiger partial charge in [0.05, 0.1) is 19.3 Å². The van der Waals surface area contributed by atoms with Gasteiger partial charge in [-0.05, 0) is 19.3 Å². The van der Waals surface area contributed by atoms with Crippen molar-refractivity contribution in [2.45, 2.75) is 24.9 Å². The summed E-state index contributed by atoms with van der Waals surface area (Å²) in [7, 11) is 1.63. The molecule has 2 aliphatic heterocycles. The number of nitrogens with zero attached hydrogens (tertiary/aromatic N) is 4. The highest BCUT2D eigenvalue weighted by atomic mass is 32.1. The number of rotatable bonds is 5. The predicted octanol–water partition coefficient (Wildman–Crippen LogP) is 2.43. The third-order valence-electron chi connectivity index (χ3n) is 4.96. The molecule has 1 spiro atoms. The SMILES string of the molecule is COc1cc(N2CCC[C@@]3(C[C@H](CNc4nccs4)CO3)C2)ncn1. The van der Waals surface area contributed by atoms with Gasteiger partial charge in [-0.25, -0.2) is 15.0 Å². The van der Waals surface area contributed by atoms with Crippen LogP contribution in [0.25, 0.3) is 0 Å². The Labute approximate surface area is 151 Å². The minimum absolute atomic E-state index is 0.0638. The third kappa shape index (κ3) is 3.69. The number of aromatic nitrogens is 3. The van der Waals surface area contributed by atoms with E-state index in [9.17, 15) is 0 Å². The van der Waals surface area contributed by atoms with Crippen LogP contribution < -0.4 is 15.0 Å². The van der Waals surface area contributed by atoms with Crippen molar-refractivity contribution >= 4 is 22.3 Å². The van der Waals surface area contributed by atoms with Crippen LogP contribution in [0.2, 0.25) is 0 Å². The van der Waals surface area contributed by atoms with E-state index in [0.717, 1.165) is 56.5 Å². The van der Waals surface area contributed by atoms with Crippen molar-refractivity contribution in [3.63, 3.8) is 0 Å². The number of hydrogen-bond acceptors (Lipinski definition) is 8. The molecular formula is C17H23N5O2S. The smallest absolute Gasteiger partial charge is 0.218 e. The summed E-state index contributed by atoms with van der Waals surface area (Å²) in [5, 5.41) is 6.40. The maximum Gasteiger partial charge on any atom is 0.218 e. The Balaban J connectivity index is 1.38. The van der Waals surface area contributed by atoms with E-state index in [2.05, 4.69) is 25.2 Å². The topological polar surface area (TPSA) is 72.4 Å². The van der Waals surface area contributed by atoms with Crippen LogP contribution in [0.4, 0.5) is 10.9 Å². The average Bonchev–Trinajstić information content (AvgIpc) is 3.30.